The lowest BCUT2D eigenvalue weighted by Gasteiger charge is -2.30. The molecule has 0 aromatic heterocycles. The second kappa shape index (κ2) is 8.82. The Labute approximate surface area is 176 Å². The molecule has 0 atom stereocenters. The topological polar surface area (TPSA) is 58.6 Å². The first-order valence-corrected chi connectivity index (χ1v) is 10.1. The van der Waals surface area contributed by atoms with Crippen molar-refractivity contribution in [3.63, 3.8) is 0 Å². The number of amides is 2. The highest BCUT2D eigenvalue weighted by molar-refractivity contribution is 6.07. The Hall–Kier alpha value is -3.60. The van der Waals surface area contributed by atoms with Crippen molar-refractivity contribution in [3.05, 3.63) is 89.5 Å². The molecule has 3 aromatic carbocycles. The summed E-state index contributed by atoms with van der Waals surface area (Å²) in [5, 5.41) is 2.87. The molecule has 1 heterocycles. The van der Waals surface area contributed by atoms with Crippen LogP contribution in [0.1, 0.15) is 27.9 Å². The monoisotopic (exact) mass is 400 g/mol. The molecule has 2 amide bonds. The van der Waals surface area contributed by atoms with Gasteiger partial charge in [0.25, 0.3) is 11.8 Å². The predicted octanol–water partition coefficient (Wildman–Crippen LogP) is 4.61. The normalized spacial score (nSPS) is 12.8. The average molecular weight is 400 g/mol. The van der Waals surface area contributed by atoms with Gasteiger partial charge in [-0.05, 0) is 67.3 Å². The van der Waals surface area contributed by atoms with Crippen molar-refractivity contribution in [1.29, 1.82) is 0 Å². The van der Waals surface area contributed by atoms with Gasteiger partial charge < -0.3 is 15.0 Å². The molecule has 1 aliphatic rings. The van der Waals surface area contributed by atoms with E-state index in [-0.39, 0.29) is 18.4 Å². The molecule has 0 saturated carbocycles. The molecular formula is C25H24N2O3. The van der Waals surface area contributed by atoms with Crippen LogP contribution in [0, 0.1) is 6.92 Å². The summed E-state index contributed by atoms with van der Waals surface area (Å²) >= 11 is 0. The van der Waals surface area contributed by atoms with Crippen LogP contribution >= 0.6 is 0 Å². The highest BCUT2D eigenvalue weighted by atomic mass is 16.5. The quantitative estimate of drug-likeness (QED) is 0.681. The summed E-state index contributed by atoms with van der Waals surface area (Å²) < 4.78 is 5.57. The third-order valence-corrected chi connectivity index (χ3v) is 5.11. The highest BCUT2D eigenvalue weighted by Gasteiger charge is 2.24. The third kappa shape index (κ3) is 4.51. The van der Waals surface area contributed by atoms with E-state index in [1.807, 2.05) is 79.7 Å². The van der Waals surface area contributed by atoms with Crippen LogP contribution in [0.3, 0.4) is 0 Å². The molecule has 5 nitrogen and oxygen atoms in total. The van der Waals surface area contributed by atoms with Gasteiger partial charge in [-0.25, -0.2) is 0 Å². The molecule has 0 saturated heterocycles. The standard InChI is InChI=1S/C25H24N2O3/c1-18-7-5-11-22(15-18)30-17-24(28)26-21-13-12-19-10-6-14-27(23(19)16-21)25(29)20-8-3-2-4-9-20/h2-5,7-9,11-13,15-16H,6,10,14,17H2,1H3,(H,26,28). The molecule has 0 radical (unpaired) electrons. The van der Waals surface area contributed by atoms with E-state index < -0.39 is 0 Å². The maximum absolute atomic E-state index is 13.0. The van der Waals surface area contributed by atoms with E-state index in [0.717, 1.165) is 29.7 Å². The fraction of sp³-hybridized carbons (Fsp3) is 0.200. The lowest BCUT2D eigenvalue weighted by Crippen LogP contribution is -2.35. The Morgan fingerprint density at radius 2 is 1.83 bits per heavy atom. The molecule has 3 aromatic rings. The van der Waals surface area contributed by atoms with E-state index in [1.54, 1.807) is 4.90 Å². The Morgan fingerprint density at radius 1 is 1.00 bits per heavy atom. The van der Waals surface area contributed by atoms with Gasteiger partial charge in [0, 0.05) is 23.5 Å². The van der Waals surface area contributed by atoms with E-state index in [1.165, 1.54) is 0 Å². The van der Waals surface area contributed by atoms with Gasteiger partial charge in [0.2, 0.25) is 0 Å². The van der Waals surface area contributed by atoms with Crippen LogP contribution in [-0.2, 0) is 11.2 Å². The molecule has 1 aliphatic heterocycles. The SMILES string of the molecule is Cc1cccc(OCC(=O)Nc2ccc3c(c2)N(C(=O)c2ccccc2)CCC3)c1. The van der Waals surface area contributed by atoms with E-state index in [0.29, 0.717) is 23.5 Å². The number of carbonyl (C=O) groups excluding carboxylic acids is 2. The number of fused-ring (bicyclic) bond motifs is 1. The molecule has 0 fully saturated rings. The Balaban J connectivity index is 1.47. The van der Waals surface area contributed by atoms with E-state index in [4.69, 9.17) is 4.74 Å². The molecule has 5 heteroatoms. The van der Waals surface area contributed by atoms with E-state index in [9.17, 15) is 9.59 Å². The smallest absolute Gasteiger partial charge is 0.262 e. The molecule has 0 aliphatic carbocycles. The maximum atomic E-state index is 13.0. The summed E-state index contributed by atoms with van der Waals surface area (Å²) in [6, 6.07) is 22.6. The fourth-order valence-corrected chi connectivity index (χ4v) is 3.65. The molecule has 1 N–H and O–H groups in total. The van der Waals surface area contributed by atoms with Gasteiger partial charge in [-0.2, -0.15) is 0 Å². The Kier molecular flexibility index (Phi) is 5.80. The minimum Gasteiger partial charge on any atom is -0.484 e. The van der Waals surface area contributed by atoms with Gasteiger partial charge in [0.1, 0.15) is 5.75 Å². The highest BCUT2D eigenvalue weighted by Crippen LogP contribution is 2.31. The van der Waals surface area contributed by atoms with Gasteiger partial charge >= 0.3 is 0 Å². The second-order valence-electron chi connectivity index (χ2n) is 7.42. The summed E-state index contributed by atoms with van der Waals surface area (Å²) in [6.07, 6.45) is 1.83. The minimum atomic E-state index is -0.242. The van der Waals surface area contributed by atoms with Crippen molar-refractivity contribution in [3.8, 4) is 5.75 Å². The Morgan fingerprint density at radius 3 is 2.63 bits per heavy atom. The summed E-state index contributed by atoms with van der Waals surface area (Å²) in [5.41, 5.74) is 4.35. The van der Waals surface area contributed by atoms with E-state index in [2.05, 4.69) is 5.32 Å². The van der Waals surface area contributed by atoms with Gasteiger partial charge in [-0.15, -0.1) is 0 Å². The number of rotatable bonds is 5. The lowest BCUT2D eigenvalue weighted by atomic mass is 10.00. The number of carbonyl (C=O) groups is 2. The van der Waals surface area contributed by atoms with Crippen LogP contribution in [0.15, 0.2) is 72.8 Å². The summed E-state index contributed by atoms with van der Waals surface area (Å²) in [5.74, 6) is 0.395. The molecule has 30 heavy (non-hydrogen) atoms. The molecule has 152 valence electrons. The van der Waals surface area contributed by atoms with Crippen molar-refractivity contribution in [1.82, 2.24) is 0 Å². The fourth-order valence-electron chi connectivity index (χ4n) is 3.65. The zero-order valence-corrected chi connectivity index (χ0v) is 16.9. The largest absolute Gasteiger partial charge is 0.484 e. The number of ether oxygens (including phenoxy) is 1. The zero-order valence-electron chi connectivity index (χ0n) is 16.9. The molecule has 0 bridgehead atoms. The second-order valence-corrected chi connectivity index (χ2v) is 7.42. The summed E-state index contributed by atoms with van der Waals surface area (Å²) in [7, 11) is 0. The van der Waals surface area contributed by atoms with Crippen molar-refractivity contribution >= 4 is 23.2 Å². The number of benzene rings is 3. The third-order valence-electron chi connectivity index (χ3n) is 5.11. The maximum Gasteiger partial charge on any atom is 0.262 e. The van der Waals surface area contributed by atoms with Gasteiger partial charge in [0.05, 0.1) is 0 Å². The van der Waals surface area contributed by atoms with Gasteiger partial charge in [-0.3, -0.25) is 9.59 Å². The first kappa shape index (κ1) is 19.7. The predicted molar refractivity (Wildman–Crippen MR) is 118 cm³/mol. The molecule has 0 spiro atoms. The van der Waals surface area contributed by atoms with E-state index >= 15 is 0 Å². The number of hydrogen-bond donors (Lipinski definition) is 1. The van der Waals surface area contributed by atoms with Crippen molar-refractivity contribution in [2.24, 2.45) is 0 Å². The number of nitrogens with one attached hydrogen (secondary N) is 1. The first-order chi connectivity index (χ1) is 14.6. The van der Waals surface area contributed by atoms with Gasteiger partial charge in [-0.1, -0.05) is 36.4 Å². The van der Waals surface area contributed by atoms with Crippen molar-refractivity contribution in [2.45, 2.75) is 19.8 Å². The average Bonchev–Trinajstić information content (AvgIpc) is 2.77. The summed E-state index contributed by atoms with van der Waals surface area (Å²) in [6.45, 7) is 2.56. The minimum absolute atomic E-state index is 0.0252. The number of nitrogens with zero attached hydrogens (tertiary/aromatic N) is 1. The number of hydrogen-bond acceptors (Lipinski definition) is 3. The van der Waals surface area contributed by atoms with Gasteiger partial charge in [0.15, 0.2) is 6.61 Å². The number of anilines is 2. The molecule has 4 rings (SSSR count). The van der Waals surface area contributed by atoms with Crippen molar-refractivity contribution in [2.75, 3.05) is 23.4 Å². The first-order valence-electron chi connectivity index (χ1n) is 10.1. The van der Waals surface area contributed by atoms with Crippen molar-refractivity contribution < 1.29 is 14.3 Å². The zero-order chi connectivity index (χ0) is 20.9. The summed E-state index contributed by atoms with van der Waals surface area (Å²) in [4.78, 5) is 27.2. The van der Waals surface area contributed by atoms with Crippen LogP contribution in [0.2, 0.25) is 0 Å². The molecular weight excluding hydrogens is 376 g/mol. The Bertz CT molecular complexity index is 1060. The van der Waals surface area contributed by atoms with Crippen LogP contribution in [0.4, 0.5) is 11.4 Å². The van der Waals surface area contributed by atoms with Crippen LogP contribution in [0.25, 0.3) is 0 Å². The van der Waals surface area contributed by atoms with Crippen LogP contribution in [-0.4, -0.2) is 25.0 Å². The number of aryl methyl sites for hydroxylation is 2. The molecule has 0 unspecified atom stereocenters. The van der Waals surface area contributed by atoms with Crippen LogP contribution in [0.5, 0.6) is 5.75 Å². The van der Waals surface area contributed by atoms with Crippen LogP contribution < -0.4 is 15.0 Å². The lowest BCUT2D eigenvalue weighted by molar-refractivity contribution is -0.118.